The Balaban J connectivity index is 1.52. The number of aryl methyl sites for hydroxylation is 1. The molecule has 3 rings (SSSR count). The lowest BCUT2D eigenvalue weighted by Crippen LogP contribution is -2.13. The van der Waals surface area contributed by atoms with Gasteiger partial charge in [0, 0.05) is 11.8 Å². The molecule has 0 spiro atoms. The summed E-state index contributed by atoms with van der Waals surface area (Å²) in [6.45, 7) is 4.49. The minimum absolute atomic E-state index is 0.747. The zero-order chi connectivity index (χ0) is 19.6. The Morgan fingerprint density at radius 2 is 1.64 bits per heavy atom. The predicted molar refractivity (Wildman–Crippen MR) is 119 cm³/mol. The maximum absolute atomic E-state index is 4.46. The lowest BCUT2D eigenvalue weighted by Gasteiger charge is -2.29. The molecule has 0 saturated heterocycles. The van der Waals surface area contributed by atoms with Gasteiger partial charge in [0.1, 0.15) is 5.69 Å². The molecule has 148 valence electrons. The van der Waals surface area contributed by atoms with Crippen LogP contribution in [-0.2, 0) is 6.42 Å². The quantitative estimate of drug-likeness (QED) is 0.367. The average Bonchev–Trinajstić information content (AvgIpc) is 2.75. The van der Waals surface area contributed by atoms with Crippen molar-refractivity contribution in [2.24, 2.45) is 5.92 Å². The molecular weight excluding hydrogens is 338 g/mol. The fourth-order valence-electron chi connectivity index (χ4n) is 4.38. The summed E-state index contributed by atoms with van der Waals surface area (Å²) in [6.07, 6.45) is 15.3. The van der Waals surface area contributed by atoms with Crippen molar-refractivity contribution in [3.8, 4) is 11.8 Å². The Morgan fingerprint density at radius 3 is 2.29 bits per heavy atom. The van der Waals surface area contributed by atoms with Gasteiger partial charge >= 0.3 is 0 Å². The summed E-state index contributed by atoms with van der Waals surface area (Å²) in [6, 6.07) is 13.1. The highest BCUT2D eigenvalue weighted by Gasteiger charge is 2.21. The van der Waals surface area contributed by atoms with Crippen LogP contribution in [0.4, 0.5) is 0 Å². The largest absolute Gasteiger partial charge is 0.248 e. The molecule has 0 radical (unpaired) electrons. The van der Waals surface area contributed by atoms with Gasteiger partial charge < -0.3 is 0 Å². The highest BCUT2D eigenvalue weighted by molar-refractivity contribution is 5.41. The Hall–Kier alpha value is -2.07. The number of nitrogens with zero attached hydrogens (tertiary/aromatic N) is 1. The zero-order valence-electron chi connectivity index (χ0n) is 17.7. The molecule has 0 bridgehead atoms. The normalized spacial score (nSPS) is 19.1. The van der Waals surface area contributed by atoms with Crippen molar-refractivity contribution in [2.75, 3.05) is 0 Å². The topological polar surface area (TPSA) is 12.9 Å². The van der Waals surface area contributed by atoms with Gasteiger partial charge in [-0.3, -0.25) is 0 Å². The number of hydrogen-bond acceptors (Lipinski definition) is 1. The van der Waals surface area contributed by atoms with Gasteiger partial charge in [0.15, 0.2) is 0 Å². The lowest BCUT2D eigenvalue weighted by molar-refractivity contribution is 0.303. The van der Waals surface area contributed by atoms with E-state index < -0.39 is 0 Å². The second kappa shape index (κ2) is 11.1. The van der Waals surface area contributed by atoms with Gasteiger partial charge in [-0.05, 0) is 79.2 Å². The summed E-state index contributed by atoms with van der Waals surface area (Å²) in [5, 5.41) is 0. The van der Waals surface area contributed by atoms with Crippen LogP contribution >= 0.6 is 0 Å². The first-order valence-corrected chi connectivity index (χ1v) is 11.4. The molecule has 2 aromatic rings. The number of pyridine rings is 1. The Bertz CT molecular complexity index is 753. The number of unbranched alkanes of at least 4 members (excludes halogenated alkanes) is 2. The fraction of sp³-hybridized carbons (Fsp3) is 0.519. The van der Waals surface area contributed by atoms with Crippen LogP contribution in [0.5, 0.6) is 0 Å². The Kier molecular flexibility index (Phi) is 8.16. The average molecular weight is 374 g/mol. The van der Waals surface area contributed by atoms with E-state index in [9.17, 15) is 0 Å². The van der Waals surface area contributed by atoms with Crippen molar-refractivity contribution < 1.29 is 0 Å². The van der Waals surface area contributed by atoms with Gasteiger partial charge in [0.2, 0.25) is 0 Å². The van der Waals surface area contributed by atoms with Crippen LogP contribution < -0.4 is 0 Å². The standard InChI is InChI=1S/C27H35N/c1-3-5-6-8-22-9-15-25(16-10-22)26-17-11-23(12-18-26)13-19-27-20-14-24(7-4-2)21-28-27/h11-12,14,17-18,20-22,25H,3-10,15-16H2,1-2H3. The van der Waals surface area contributed by atoms with Crippen LogP contribution in [0, 0.1) is 17.8 Å². The first-order valence-electron chi connectivity index (χ1n) is 11.4. The van der Waals surface area contributed by atoms with E-state index in [1.807, 2.05) is 12.3 Å². The first kappa shape index (κ1) is 20.7. The smallest absolute Gasteiger partial charge is 0.113 e. The fourth-order valence-corrected chi connectivity index (χ4v) is 4.38. The summed E-state index contributed by atoms with van der Waals surface area (Å²) < 4.78 is 0. The lowest BCUT2D eigenvalue weighted by atomic mass is 9.77. The third-order valence-electron chi connectivity index (χ3n) is 6.14. The highest BCUT2D eigenvalue weighted by atomic mass is 14.7. The molecule has 0 aliphatic heterocycles. The number of rotatable bonds is 7. The van der Waals surface area contributed by atoms with Crippen molar-refractivity contribution in [1.82, 2.24) is 4.98 Å². The van der Waals surface area contributed by atoms with E-state index in [1.54, 1.807) is 0 Å². The molecule has 0 amide bonds. The summed E-state index contributed by atoms with van der Waals surface area (Å²) >= 11 is 0. The van der Waals surface area contributed by atoms with E-state index in [0.29, 0.717) is 0 Å². The van der Waals surface area contributed by atoms with E-state index in [-0.39, 0.29) is 0 Å². The van der Waals surface area contributed by atoms with Crippen LogP contribution in [0.15, 0.2) is 42.6 Å². The van der Waals surface area contributed by atoms with Crippen LogP contribution in [0.25, 0.3) is 0 Å². The van der Waals surface area contributed by atoms with E-state index in [4.69, 9.17) is 0 Å². The van der Waals surface area contributed by atoms with Crippen molar-refractivity contribution >= 4 is 0 Å². The summed E-state index contributed by atoms with van der Waals surface area (Å²) in [5.41, 5.74) is 4.72. The van der Waals surface area contributed by atoms with Gasteiger partial charge in [-0.1, -0.05) is 70.1 Å². The molecule has 0 N–H and O–H groups in total. The minimum atomic E-state index is 0.747. The van der Waals surface area contributed by atoms with E-state index in [2.05, 4.69) is 61.0 Å². The molecule has 1 heterocycles. The summed E-state index contributed by atoms with van der Waals surface area (Å²) in [7, 11) is 0. The van der Waals surface area contributed by atoms with E-state index >= 15 is 0 Å². The molecule has 0 unspecified atom stereocenters. The molecule has 1 fully saturated rings. The number of aromatic nitrogens is 1. The second-order valence-corrected chi connectivity index (χ2v) is 8.39. The number of hydrogen-bond donors (Lipinski definition) is 0. The van der Waals surface area contributed by atoms with Crippen LogP contribution in [0.1, 0.15) is 99.9 Å². The van der Waals surface area contributed by atoms with Crippen molar-refractivity contribution in [2.45, 2.75) is 84.0 Å². The molecule has 1 nitrogen and oxygen atoms in total. The van der Waals surface area contributed by atoms with Gasteiger partial charge in [-0.25, -0.2) is 4.98 Å². The summed E-state index contributed by atoms with van der Waals surface area (Å²) in [4.78, 5) is 4.46. The molecule has 28 heavy (non-hydrogen) atoms. The van der Waals surface area contributed by atoms with Gasteiger partial charge in [-0.15, -0.1) is 0 Å². The molecule has 0 atom stereocenters. The minimum Gasteiger partial charge on any atom is -0.248 e. The van der Waals surface area contributed by atoms with E-state index in [1.165, 1.54) is 62.5 Å². The molecule has 1 aromatic heterocycles. The van der Waals surface area contributed by atoms with Gasteiger partial charge in [0.05, 0.1) is 0 Å². The SMILES string of the molecule is CCCCCC1CCC(c2ccc(C#Cc3ccc(CCC)cn3)cc2)CC1. The third-order valence-corrected chi connectivity index (χ3v) is 6.14. The highest BCUT2D eigenvalue weighted by Crippen LogP contribution is 2.37. The van der Waals surface area contributed by atoms with Gasteiger partial charge in [0.25, 0.3) is 0 Å². The molecule has 1 aliphatic carbocycles. The molecule has 1 heteroatoms. The number of benzene rings is 1. The van der Waals surface area contributed by atoms with Crippen molar-refractivity contribution in [3.63, 3.8) is 0 Å². The Morgan fingerprint density at radius 1 is 0.857 bits per heavy atom. The van der Waals surface area contributed by atoms with Crippen LogP contribution in [-0.4, -0.2) is 4.98 Å². The van der Waals surface area contributed by atoms with E-state index in [0.717, 1.165) is 35.9 Å². The Labute approximate surface area is 172 Å². The first-order chi connectivity index (χ1) is 13.8. The zero-order valence-corrected chi connectivity index (χ0v) is 17.7. The maximum atomic E-state index is 4.46. The molecular formula is C27H35N. The summed E-state index contributed by atoms with van der Waals surface area (Å²) in [5.74, 6) is 8.19. The monoisotopic (exact) mass is 373 g/mol. The van der Waals surface area contributed by atoms with Crippen LogP contribution in [0.3, 0.4) is 0 Å². The van der Waals surface area contributed by atoms with Crippen molar-refractivity contribution in [1.29, 1.82) is 0 Å². The van der Waals surface area contributed by atoms with Gasteiger partial charge in [-0.2, -0.15) is 0 Å². The molecule has 1 aromatic carbocycles. The maximum Gasteiger partial charge on any atom is 0.113 e. The van der Waals surface area contributed by atoms with Crippen molar-refractivity contribution in [3.05, 3.63) is 65.0 Å². The molecule has 1 aliphatic rings. The van der Waals surface area contributed by atoms with Crippen LogP contribution in [0.2, 0.25) is 0 Å². The second-order valence-electron chi connectivity index (χ2n) is 8.39. The predicted octanol–water partition coefficient (Wildman–Crippen LogP) is 7.29. The third kappa shape index (κ3) is 6.23. The molecule has 1 saturated carbocycles.